The van der Waals surface area contributed by atoms with Gasteiger partial charge in [0.25, 0.3) is 5.91 Å². The number of nitrogens with one attached hydrogen (secondary N) is 1. The van der Waals surface area contributed by atoms with Gasteiger partial charge < -0.3 is 10.4 Å². The highest BCUT2D eigenvalue weighted by Crippen LogP contribution is 2.26. The number of aliphatic hydroxyl groups excluding tert-OH is 1. The highest BCUT2D eigenvalue weighted by atomic mass is 79.9. The van der Waals surface area contributed by atoms with Gasteiger partial charge in [-0.3, -0.25) is 9.78 Å². The highest BCUT2D eigenvalue weighted by molar-refractivity contribution is 9.10. The van der Waals surface area contributed by atoms with Gasteiger partial charge in [-0.2, -0.15) is 0 Å². The normalized spacial score (nSPS) is 23.6. The van der Waals surface area contributed by atoms with Gasteiger partial charge in [0.15, 0.2) is 0 Å². The molecule has 0 spiro atoms. The molecule has 0 atom stereocenters. The predicted octanol–water partition coefficient (Wildman–Crippen LogP) is 1.34. The second-order valence-corrected chi connectivity index (χ2v) is 5.01. The molecule has 0 bridgehead atoms. The highest BCUT2D eigenvalue weighted by Gasteiger charge is 2.27. The molecule has 0 unspecified atom stereocenters. The second kappa shape index (κ2) is 4.93. The van der Waals surface area contributed by atoms with Gasteiger partial charge in [0.05, 0.1) is 11.7 Å². The van der Waals surface area contributed by atoms with E-state index < -0.39 is 0 Å². The number of pyridine rings is 1. The Morgan fingerprint density at radius 2 is 2.31 bits per heavy atom. The molecule has 1 amide bonds. The van der Waals surface area contributed by atoms with Crippen molar-refractivity contribution in [1.29, 1.82) is 0 Å². The molecule has 1 saturated carbocycles. The Bertz CT molecular complexity index is 391. The van der Waals surface area contributed by atoms with Gasteiger partial charge in [0.1, 0.15) is 0 Å². The Morgan fingerprint density at radius 3 is 2.94 bits per heavy atom. The molecule has 1 aromatic heterocycles. The lowest BCUT2D eigenvalue weighted by Gasteiger charge is -2.31. The van der Waals surface area contributed by atoms with E-state index in [9.17, 15) is 4.79 Å². The van der Waals surface area contributed by atoms with Gasteiger partial charge in [0, 0.05) is 23.4 Å². The number of carbonyl (C=O) groups is 1. The molecule has 0 aliphatic heterocycles. The van der Waals surface area contributed by atoms with Crippen molar-refractivity contribution in [2.24, 2.45) is 5.92 Å². The van der Waals surface area contributed by atoms with Crippen molar-refractivity contribution in [1.82, 2.24) is 10.3 Å². The lowest BCUT2D eigenvalue weighted by molar-refractivity contribution is 0.0420. The molecule has 0 aromatic carbocycles. The van der Waals surface area contributed by atoms with Crippen LogP contribution in [0.4, 0.5) is 0 Å². The quantitative estimate of drug-likeness (QED) is 0.881. The average Bonchev–Trinajstić information content (AvgIpc) is 2.22. The molecule has 0 saturated heterocycles. The van der Waals surface area contributed by atoms with E-state index in [0.717, 1.165) is 17.3 Å². The average molecular weight is 285 g/mol. The van der Waals surface area contributed by atoms with E-state index >= 15 is 0 Å². The molecular formula is C11H13BrN2O2. The van der Waals surface area contributed by atoms with Crippen LogP contribution in [0.25, 0.3) is 0 Å². The fourth-order valence-electron chi connectivity index (χ4n) is 1.74. The minimum Gasteiger partial charge on any atom is -0.393 e. The van der Waals surface area contributed by atoms with Crippen LogP contribution in [0.15, 0.2) is 22.9 Å². The first-order valence-electron chi connectivity index (χ1n) is 5.22. The number of hydrogen-bond donors (Lipinski definition) is 2. The first-order chi connectivity index (χ1) is 7.65. The molecule has 5 heteroatoms. The van der Waals surface area contributed by atoms with Crippen LogP contribution in [0.2, 0.25) is 0 Å². The van der Waals surface area contributed by atoms with E-state index in [0.29, 0.717) is 18.0 Å². The van der Waals surface area contributed by atoms with E-state index in [2.05, 4.69) is 26.2 Å². The second-order valence-electron chi connectivity index (χ2n) is 4.09. The number of halogens is 1. The largest absolute Gasteiger partial charge is 0.393 e. The third-order valence-corrected chi connectivity index (χ3v) is 3.16. The van der Waals surface area contributed by atoms with Crippen molar-refractivity contribution in [2.45, 2.75) is 18.9 Å². The molecule has 1 aliphatic rings. The van der Waals surface area contributed by atoms with Gasteiger partial charge in [-0.05, 0) is 40.8 Å². The summed E-state index contributed by atoms with van der Waals surface area (Å²) in [5, 5.41) is 11.9. The maximum Gasteiger partial charge on any atom is 0.252 e. The van der Waals surface area contributed by atoms with E-state index in [4.69, 9.17) is 5.11 Å². The summed E-state index contributed by atoms with van der Waals surface area (Å²) in [7, 11) is 0. The van der Waals surface area contributed by atoms with Crippen LogP contribution in [-0.2, 0) is 0 Å². The van der Waals surface area contributed by atoms with Crippen LogP contribution in [-0.4, -0.2) is 28.6 Å². The Hall–Kier alpha value is -0.940. The summed E-state index contributed by atoms with van der Waals surface area (Å²) in [5.74, 6) is 0.300. The van der Waals surface area contributed by atoms with Crippen LogP contribution in [0.3, 0.4) is 0 Å². The van der Waals surface area contributed by atoms with Crippen molar-refractivity contribution >= 4 is 21.8 Å². The molecule has 16 heavy (non-hydrogen) atoms. The van der Waals surface area contributed by atoms with E-state index in [1.54, 1.807) is 12.3 Å². The zero-order valence-corrected chi connectivity index (χ0v) is 10.3. The van der Waals surface area contributed by atoms with Gasteiger partial charge in [-0.25, -0.2) is 0 Å². The Morgan fingerprint density at radius 1 is 1.56 bits per heavy atom. The number of aliphatic hydroxyl groups is 1. The van der Waals surface area contributed by atoms with Crippen LogP contribution < -0.4 is 5.32 Å². The first kappa shape index (κ1) is 11.5. The van der Waals surface area contributed by atoms with Gasteiger partial charge in [0.2, 0.25) is 0 Å². The van der Waals surface area contributed by atoms with Crippen molar-refractivity contribution in [2.75, 3.05) is 6.54 Å². The van der Waals surface area contributed by atoms with Crippen LogP contribution >= 0.6 is 15.9 Å². The smallest absolute Gasteiger partial charge is 0.252 e. The standard InChI is InChI=1S/C11H13BrN2O2/c12-9-3-8(5-13-6-9)11(16)14-4-7-1-10(15)2-7/h3,5-7,10,15H,1-2,4H2,(H,14,16). The Kier molecular flexibility index (Phi) is 3.56. The topological polar surface area (TPSA) is 62.2 Å². The summed E-state index contributed by atoms with van der Waals surface area (Å²) >= 11 is 3.27. The SMILES string of the molecule is O=C(NCC1CC(O)C1)c1cncc(Br)c1. The molecule has 1 fully saturated rings. The lowest BCUT2D eigenvalue weighted by Crippen LogP contribution is -2.38. The van der Waals surface area contributed by atoms with Crippen molar-refractivity contribution in [3.8, 4) is 0 Å². The number of hydrogen-bond acceptors (Lipinski definition) is 3. The van der Waals surface area contributed by atoms with Crippen LogP contribution in [0, 0.1) is 5.92 Å². The van der Waals surface area contributed by atoms with E-state index in [1.165, 1.54) is 6.20 Å². The van der Waals surface area contributed by atoms with Crippen molar-refractivity contribution in [3.63, 3.8) is 0 Å². The fourth-order valence-corrected chi connectivity index (χ4v) is 2.11. The van der Waals surface area contributed by atoms with E-state index in [1.807, 2.05) is 0 Å². The lowest BCUT2D eigenvalue weighted by atomic mass is 9.82. The molecule has 86 valence electrons. The van der Waals surface area contributed by atoms with Gasteiger partial charge >= 0.3 is 0 Å². The van der Waals surface area contributed by atoms with E-state index in [-0.39, 0.29) is 12.0 Å². The Balaban J connectivity index is 1.84. The third-order valence-electron chi connectivity index (χ3n) is 2.73. The molecule has 1 aliphatic carbocycles. The van der Waals surface area contributed by atoms with Gasteiger partial charge in [-0.1, -0.05) is 0 Å². The minimum absolute atomic E-state index is 0.116. The first-order valence-corrected chi connectivity index (χ1v) is 6.01. The summed E-state index contributed by atoms with van der Waals surface area (Å²) in [6.45, 7) is 0.627. The molecule has 2 N–H and O–H groups in total. The number of amides is 1. The molecule has 4 nitrogen and oxygen atoms in total. The summed E-state index contributed by atoms with van der Waals surface area (Å²) in [4.78, 5) is 15.6. The maximum absolute atomic E-state index is 11.7. The fraction of sp³-hybridized carbons (Fsp3) is 0.455. The monoisotopic (exact) mass is 284 g/mol. The number of rotatable bonds is 3. The summed E-state index contributed by atoms with van der Waals surface area (Å²) < 4.78 is 0.791. The van der Waals surface area contributed by atoms with Crippen LogP contribution in [0.5, 0.6) is 0 Å². The van der Waals surface area contributed by atoms with Crippen molar-refractivity contribution in [3.05, 3.63) is 28.5 Å². The molecule has 1 aromatic rings. The Labute approximate surface area is 102 Å². The summed E-state index contributed by atoms with van der Waals surface area (Å²) in [6, 6.07) is 1.73. The predicted molar refractivity (Wildman–Crippen MR) is 63.0 cm³/mol. The number of carbonyl (C=O) groups excluding carboxylic acids is 1. The molecule has 2 rings (SSSR count). The molecule has 1 heterocycles. The zero-order valence-electron chi connectivity index (χ0n) is 8.69. The third kappa shape index (κ3) is 2.80. The molecular weight excluding hydrogens is 272 g/mol. The molecule has 0 radical (unpaired) electrons. The summed E-state index contributed by atoms with van der Waals surface area (Å²) in [6.07, 6.45) is 4.58. The maximum atomic E-state index is 11.7. The zero-order chi connectivity index (χ0) is 11.5. The minimum atomic E-state index is -0.172. The number of aromatic nitrogens is 1. The summed E-state index contributed by atoms with van der Waals surface area (Å²) in [5.41, 5.74) is 0.550. The van der Waals surface area contributed by atoms with Gasteiger partial charge in [-0.15, -0.1) is 0 Å². The van der Waals surface area contributed by atoms with Crippen molar-refractivity contribution < 1.29 is 9.90 Å². The number of nitrogens with zero attached hydrogens (tertiary/aromatic N) is 1. The van der Waals surface area contributed by atoms with Crippen LogP contribution in [0.1, 0.15) is 23.2 Å².